The third-order valence-electron chi connectivity index (χ3n) is 7.10. The minimum Gasteiger partial charge on any atom is -0.464 e. The molecule has 2 aromatic heterocycles. The van der Waals surface area contributed by atoms with Gasteiger partial charge in [-0.1, -0.05) is 6.07 Å². The Balaban J connectivity index is 1.45. The molecule has 1 saturated carbocycles. The molecule has 1 aliphatic carbocycles. The molecule has 0 spiro atoms. The molecule has 0 aromatic carbocycles. The Bertz CT molecular complexity index is 1110. The maximum Gasteiger partial charge on any atom is 0.330 e. The van der Waals surface area contributed by atoms with Crippen LogP contribution in [-0.2, 0) is 38.5 Å². The van der Waals surface area contributed by atoms with Gasteiger partial charge in [-0.3, -0.25) is 4.79 Å². The molecule has 5 rings (SSSR count). The maximum absolute atomic E-state index is 13.2. The van der Waals surface area contributed by atoms with Gasteiger partial charge in [0.25, 0.3) is 0 Å². The van der Waals surface area contributed by atoms with Crippen molar-refractivity contribution in [3.05, 3.63) is 39.2 Å². The molecule has 9 heteroatoms. The predicted molar refractivity (Wildman–Crippen MR) is 136 cm³/mol. The van der Waals surface area contributed by atoms with Crippen LogP contribution in [0, 0.1) is 0 Å². The molecule has 2 N–H and O–H groups in total. The van der Waals surface area contributed by atoms with Gasteiger partial charge in [-0.2, -0.15) is 0 Å². The summed E-state index contributed by atoms with van der Waals surface area (Å²) in [5, 5.41) is 1.96. The van der Waals surface area contributed by atoms with Crippen LogP contribution in [0.25, 0.3) is 0 Å². The van der Waals surface area contributed by atoms with E-state index in [0.717, 1.165) is 46.8 Å². The number of hydrogen-bond acceptors (Lipinski definition) is 8. The van der Waals surface area contributed by atoms with Crippen molar-refractivity contribution in [2.24, 2.45) is 0 Å². The summed E-state index contributed by atoms with van der Waals surface area (Å²) in [4.78, 5) is 35.9. The molecule has 4 heterocycles. The average Bonchev–Trinajstić information content (AvgIpc) is 3.55. The van der Waals surface area contributed by atoms with Gasteiger partial charge in [-0.15, -0.1) is 11.3 Å². The SMILES string of the molecule is CCOC(=O)C1CN(c2nc(C3CC3)c3c(c2N)CC(C)(C)OC3)CCN1C(=O)Cc1cccs1. The number of rotatable bonds is 6. The van der Waals surface area contributed by atoms with Gasteiger partial charge >= 0.3 is 5.97 Å². The number of hydrogen-bond donors (Lipinski definition) is 1. The summed E-state index contributed by atoms with van der Waals surface area (Å²) >= 11 is 1.55. The number of piperazine rings is 1. The number of nitrogens with two attached hydrogens (primary N) is 1. The molecule has 188 valence electrons. The molecule has 0 bridgehead atoms. The molecule has 1 saturated heterocycles. The smallest absolute Gasteiger partial charge is 0.330 e. The van der Waals surface area contributed by atoms with Gasteiger partial charge in [-0.25, -0.2) is 9.78 Å². The lowest BCUT2D eigenvalue weighted by Gasteiger charge is -2.42. The average molecular weight is 499 g/mol. The number of carbonyl (C=O) groups is 2. The number of nitrogens with zero attached hydrogens (tertiary/aromatic N) is 3. The highest BCUT2D eigenvalue weighted by molar-refractivity contribution is 7.10. The predicted octanol–water partition coefficient (Wildman–Crippen LogP) is 3.28. The van der Waals surface area contributed by atoms with Crippen LogP contribution in [0.3, 0.4) is 0 Å². The highest BCUT2D eigenvalue weighted by Crippen LogP contribution is 2.46. The third-order valence-corrected chi connectivity index (χ3v) is 7.98. The molecule has 2 fully saturated rings. The van der Waals surface area contributed by atoms with E-state index in [1.807, 2.05) is 17.5 Å². The maximum atomic E-state index is 13.2. The first-order valence-corrected chi connectivity index (χ1v) is 13.3. The van der Waals surface area contributed by atoms with E-state index in [4.69, 9.17) is 20.2 Å². The van der Waals surface area contributed by atoms with Crippen molar-refractivity contribution >= 4 is 34.7 Å². The largest absolute Gasteiger partial charge is 0.464 e. The number of carbonyl (C=O) groups excluding carboxylic acids is 2. The minimum absolute atomic E-state index is 0.0610. The minimum atomic E-state index is -0.697. The lowest BCUT2D eigenvalue weighted by molar-refractivity contribution is -0.155. The molecule has 0 radical (unpaired) electrons. The molecule has 1 atom stereocenters. The topological polar surface area (TPSA) is 98.0 Å². The molecular formula is C26H34N4O4S. The fraction of sp³-hybridized carbons (Fsp3) is 0.577. The Hall–Kier alpha value is -2.65. The first-order valence-electron chi connectivity index (χ1n) is 12.5. The van der Waals surface area contributed by atoms with E-state index >= 15 is 0 Å². The number of nitrogen functional groups attached to an aromatic ring is 1. The van der Waals surface area contributed by atoms with Gasteiger partial charge in [0.15, 0.2) is 5.82 Å². The van der Waals surface area contributed by atoms with Gasteiger partial charge in [0.05, 0.1) is 43.2 Å². The monoisotopic (exact) mass is 498 g/mol. The fourth-order valence-electron chi connectivity index (χ4n) is 5.11. The van der Waals surface area contributed by atoms with Gasteiger partial charge in [-0.05, 0) is 50.6 Å². The third kappa shape index (κ3) is 4.89. The highest BCUT2D eigenvalue weighted by atomic mass is 32.1. The summed E-state index contributed by atoms with van der Waals surface area (Å²) < 4.78 is 11.5. The molecule has 3 aliphatic rings. The standard InChI is InChI=1S/C26H34N4O4S/c1-4-33-25(32)20-14-29(9-10-30(20)21(31)12-17-6-5-11-35-17)24-22(27)18-13-26(2,3)34-15-19(18)23(28-24)16-7-8-16/h5-6,11,16,20H,4,7-10,12-15,27H2,1-3H3. The zero-order chi connectivity index (χ0) is 24.7. The first-order chi connectivity index (χ1) is 16.8. The van der Waals surface area contributed by atoms with Crippen LogP contribution in [0.5, 0.6) is 0 Å². The number of ether oxygens (including phenoxy) is 2. The fourth-order valence-corrected chi connectivity index (χ4v) is 5.81. The number of amides is 1. The van der Waals surface area contributed by atoms with Gasteiger partial charge in [0.2, 0.25) is 5.91 Å². The van der Waals surface area contributed by atoms with Gasteiger partial charge in [0.1, 0.15) is 6.04 Å². The van der Waals surface area contributed by atoms with E-state index in [9.17, 15) is 9.59 Å². The summed E-state index contributed by atoms with van der Waals surface area (Å²) in [5.41, 5.74) is 10.5. The molecule has 2 aromatic rings. The summed E-state index contributed by atoms with van der Waals surface area (Å²) in [5.74, 6) is 0.727. The molecule has 1 unspecified atom stereocenters. The summed E-state index contributed by atoms with van der Waals surface area (Å²) in [7, 11) is 0. The van der Waals surface area contributed by atoms with E-state index in [2.05, 4.69) is 18.7 Å². The lowest BCUT2D eigenvalue weighted by Crippen LogP contribution is -2.59. The number of pyridine rings is 1. The Kier molecular flexibility index (Phi) is 6.48. The normalized spacial score (nSPS) is 21.5. The zero-order valence-corrected chi connectivity index (χ0v) is 21.5. The molecular weight excluding hydrogens is 464 g/mol. The second-order valence-electron chi connectivity index (χ2n) is 10.2. The van der Waals surface area contributed by atoms with Crippen molar-refractivity contribution < 1.29 is 19.1 Å². The summed E-state index contributed by atoms with van der Waals surface area (Å²) in [6.45, 7) is 8.04. The van der Waals surface area contributed by atoms with Crippen molar-refractivity contribution in [2.45, 2.75) is 70.6 Å². The van der Waals surface area contributed by atoms with Crippen LogP contribution in [0.15, 0.2) is 17.5 Å². The quantitative estimate of drug-likeness (QED) is 0.611. The van der Waals surface area contributed by atoms with Crippen molar-refractivity contribution in [3.8, 4) is 0 Å². The molecule has 1 amide bonds. The van der Waals surface area contributed by atoms with E-state index < -0.39 is 6.04 Å². The Morgan fingerprint density at radius 1 is 1.29 bits per heavy atom. The van der Waals surface area contributed by atoms with Crippen molar-refractivity contribution in [1.29, 1.82) is 0 Å². The van der Waals surface area contributed by atoms with Crippen molar-refractivity contribution in [3.63, 3.8) is 0 Å². The highest BCUT2D eigenvalue weighted by Gasteiger charge is 2.40. The van der Waals surface area contributed by atoms with Crippen LogP contribution in [0.4, 0.5) is 11.5 Å². The molecule has 2 aliphatic heterocycles. The second kappa shape index (κ2) is 9.43. The van der Waals surface area contributed by atoms with Crippen LogP contribution >= 0.6 is 11.3 Å². The zero-order valence-electron chi connectivity index (χ0n) is 20.7. The lowest BCUT2D eigenvalue weighted by atomic mass is 9.89. The van der Waals surface area contributed by atoms with E-state index in [1.54, 1.807) is 23.2 Å². The number of fused-ring (bicyclic) bond motifs is 1. The molecule has 35 heavy (non-hydrogen) atoms. The number of esters is 1. The van der Waals surface area contributed by atoms with Crippen LogP contribution in [-0.4, -0.2) is 59.6 Å². The summed E-state index contributed by atoms with van der Waals surface area (Å²) in [6.07, 6.45) is 3.27. The Morgan fingerprint density at radius 2 is 2.09 bits per heavy atom. The number of thiophene rings is 1. The van der Waals surface area contributed by atoms with Crippen LogP contribution in [0.1, 0.15) is 61.2 Å². The second-order valence-corrected chi connectivity index (χ2v) is 11.3. The van der Waals surface area contributed by atoms with Gasteiger partial charge < -0.3 is 25.0 Å². The van der Waals surface area contributed by atoms with Crippen LogP contribution in [0.2, 0.25) is 0 Å². The van der Waals surface area contributed by atoms with E-state index in [0.29, 0.717) is 37.8 Å². The van der Waals surface area contributed by atoms with E-state index in [-0.39, 0.29) is 30.5 Å². The van der Waals surface area contributed by atoms with Crippen LogP contribution < -0.4 is 10.6 Å². The Morgan fingerprint density at radius 3 is 2.77 bits per heavy atom. The summed E-state index contributed by atoms with van der Waals surface area (Å²) in [6, 6.07) is 3.18. The Labute approximate surface area is 210 Å². The van der Waals surface area contributed by atoms with E-state index in [1.165, 1.54) is 0 Å². The first kappa shape index (κ1) is 24.1. The van der Waals surface area contributed by atoms with Gasteiger partial charge in [0, 0.05) is 35.9 Å². The molecule has 8 nitrogen and oxygen atoms in total. The number of anilines is 2. The number of aromatic nitrogens is 1. The van der Waals surface area contributed by atoms with Crippen molar-refractivity contribution in [2.75, 3.05) is 36.9 Å². The van der Waals surface area contributed by atoms with Crippen molar-refractivity contribution in [1.82, 2.24) is 9.88 Å².